The molecule has 0 aromatic rings. The highest BCUT2D eigenvalue weighted by atomic mass is 16.6. The van der Waals surface area contributed by atoms with Crippen molar-refractivity contribution < 1.29 is 24.5 Å². The maximum Gasteiger partial charge on any atom is 0.333 e. The van der Waals surface area contributed by atoms with E-state index in [4.69, 9.17) is 5.11 Å². The first-order chi connectivity index (χ1) is 8.06. The predicted molar refractivity (Wildman–Crippen MR) is 62.3 cm³/mol. The second-order valence-corrected chi connectivity index (χ2v) is 3.77. The van der Waals surface area contributed by atoms with E-state index in [-0.39, 0.29) is 0 Å². The molecule has 0 fully saturated rings. The summed E-state index contributed by atoms with van der Waals surface area (Å²) in [6.45, 7) is 2.12. The van der Waals surface area contributed by atoms with E-state index in [0.717, 1.165) is 38.2 Å². The standard InChI is InChI=1S/C12H20O5/c1-2-3-4-5-6-7-11(15)17-12(16)9-8-10(13)14/h8-9,11,15H,2-7H2,1H3,(H,13,14)/b9-8+. The molecule has 5 nitrogen and oxygen atoms in total. The Kier molecular flexibility index (Phi) is 9.05. The van der Waals surface area contributed by atoms with Crippen LogP contribution < -0.4 is 0 Å². The summed E-state index contributed by atoms with van der Waals surface area (Å²) in [4.78, 5) is 21.1. The number of aliphatic hydroxyl groups is 1. The number of aliphatic carboxylic acids is 1. The summed E-state index contributed by atoms with van der Waals surface area (Å²) in [5, 5.41) is 17.6. The van der Waals surface area contributed by atoms with Gasteiger partial charge in [-0.05, 0) is 6.42 Å². The fourth-order valence-corrected chi connectivity index (χ4v) is 1.29. The van der Waals surface area contributed by atoms with Crippen LogP contribution >= 0.6 is 0 Å². The van der Waals surface area contributed by atoms with E-state index < -0.39 is 18.2 Å². The second kappa shape index (κ2) is 9.84. The maximum atomic E-state index is 11.0. The van der Waals surface area contributed by atoms with Crippen molar-refractivity contribution in [2.75, 3.05) is 0 Å². The molecule has 0 spiro atoms. The van der Waals surface area contributed by atoms with Crippen molar-refractivity contribution in [3.05, 3.63) is 12.2 Å². The van der Waals surface area contributed by atoms with E-state index in [0.29, 0.717) is 12.5 Å². The predicted octanol–water partition coefficient (Wildman–Crippen LogP) is 1.85. The van der Waals surface area contributed by atoms with Crippen LogP contribution in [0, 0.1) is 0 Å². The van der Waals surface area contributed by atoms with Gasteiger partial charge in [-0.3, -0.25) is 0 Å². The van der Waals surface area contributed by atoms with Crippen LogP contribution in [0.15, 0.2) is 12.2 Å². The number of aliphatic hydroxyl groups excluding tert-OH is 1. The summed E-state index contributed by atoms with van der Waals surface area (Å²) in [6, 6.07) is 0. The van der Waals surface area contributed by atoms with Crippen LogP contribution in [0.3, 0.4) is 0 Å². The van der Waals surface area contributed by atoms with Gasteiger partial charge in [-0.1, -0.05) is 32.6 Å². The van der Waals surface area contributed by atoms with E-state index in [1.54, 1.807) is 0 Å². The van der Waals surface area contributed by atoms with Gasteiger partial charge in [0.25, 0.3) is 0 Å². The van der Waals surface area contributed by atoms with Gasteiger partial charge in [0, 0.05) is 18.6 Å². The zero-order valence-electron chi connectivity index (χ0n) is 10.1. The monoisotopic (exact) mass is 244 g/mol. The summed E-state index contributed by atoms with van der Waals surface area (Å²) in [5.41, 5.74) is 0. The summed E-state index contributed by atoms with van der Waals surface area (Å²) in [7, 11) is 0. The molecule has 0 amide bonds. The van der Waals surface area contributed by atoms with Gasteiger partial charge < -0.3 is 14.9 Å². The smallest absolute Gasteiger partial charge is 0.333 e. The highest BCUT2D eigenvalue weighted by Crippen LogP contribution is 2.08. The minimum Gasteiger partial charge on any atom is -0.478 e. The molecule has 1 atom stereocenters. The average molecular weight is 244 g/mol. The zero-order valence-corrected chi connectivity index (χ0v) is 10.1. The molecule has 0 saturated heterocycles. The SMILES string of the molecule is CCCCCCCC(O)OC(=O)/C=C/C(=O)O. The van der Waals surface area contributed by atoms with Gasteiger partial charge in [0.2, 0.25) is 6.29 Å². The molecule has 1 unspecified atom stereocenters. The van der Waals surface area contributed by atoms with Gasteiger partial charge >= 0.3 is 11.9 Å². The van der Waals surface area contributed by atoms with Crippen LogP contribution in [0.1, 0.15) is 45.4 Å². The van der Waals surface area contributed by atoms with Gasteiger partial charge in [-0.2, -0.15) is 0 Å². The average Bonchev–Trinajstić information content (AvgIpc) is 2.26. The normalized spacial score (nSPS) is 12.6. The van der Waals surface area contributed by atoms with Crippen LogP contribution in [-0.4, -0.2) is 28.4 Å². The lowest BCUT2D eigenvalue weighted by Crippen LogP contribution is -2.16. The number of esters is 1. The van der Waals surface area contributed by atoms with Gasteiger partial charge in [0.05, 0.1) is 0 Å². The Morgan fingerprint density at radius 2 is 1.82 bits per heavy atom. The number of ether oxygens (including phenoxy) is 1. The first kappa shape index (κ1) is 15.6. The van der Waals surface area contributed by atoms with Crippen LogP contribution in [-0.2, 0) is 14.3 Å². The molecule has 98 valence electrons. The second-order valence-electron chi connectivity index (χ2n) is 3.77. The number of hydrogen-bond donors (Lipinski definition) is 2. The number of unbranched alkanes of at least 4 members (excludes halogenated alkanes) is 4. The fraction of sp³-hybridized carbons (Fsp3) is 0.667. The topological polar surface area (TPSA) is 83.8 Å². The van der Waals surface area contributed by atoms with E-state index >= 15 is 0 Å². The Morgan fingerprint density at radius 3 is 2.41 bits per heavy atom. The van der Waals surface area contributed by atoms with Crippen molar-refractivity contribution >= 4 is 11.9 Å². The highest BCUT2D eigenvalue weighted by molar-refractivity contribution is 5.90. The first-order valence-electron chi connectivity index (χ1n) is 5.86. The zero-order chi connectivity index (χ0) is 13.1. The molecule has 5 heteroatoms. The molecule has 0 heterocycles. The van der Waals surface area contributed by atoms with Crippen LogP contribution in [0.5, 0.6) is 0 Å². The van der Waals surface area contributed by atoms with E-state index in [1.807, 2.05) is 0 Å². The number of hydrogen-bond acceptors (Lipinski definition) is 4. The molecule has 0 aliphatic rings. The quantitative estimate of drug-likeness (QED) is 0.280. The van der Waals surface area contributed by atoms with Crippen LogP contribution in [0.4, 0.5) is 0 Å². The van der Waals surface area contributed by atoms with Gasteiger partial charge in [-0.25, -0.2) is 9.59 Å². The Balaban J connectivity index is 3.60. The Morgan fingerprint density at radius 1 is 1.18 bits per heavy atom. The van der Waals surface area contributed by atoms with Crippen molar-refractivity contribution in [1.82, 2.24) is 0 Å². The van der Waals surface area contributed by atoms with Crippen molar-refractivity contribution in [2.24, 2.45) is 0 Å². The van der Waals surface area contributed by atoms with E-state index in [1.165, 1.54) is 0 Å². The Labute approximate surface area is 101 Å². The lowest BCUT2D eigenvalue weighted by Gasteiger charge is -2.09. The molecule has 0 bridgehead atoms. The number of carboxylic acid groups (broad SMARTS) is 1. The molecule has 0 radical (unpaired) electrons. The minimum atomic E-state index is -1.23. The third-order valence-corrected chi connectivity index (χ3v) is 2.17. The molecule has 0 aromatic heterocycles. The van der Waals surface area contributed by atoms with Crippen molar-refractivity contribution in [3.8, 4) is 0 Å². The summed E-state index contributed by atoms with van der Waals surface area (Å²) in [5.74, 6) is -2.07. The molecule has 0 aliphatic heterocycles. The van der Waals surface area contributed by atoms with Crippen molar-refractivity contribution in [2.45, 2.75) is 51.7 Å². The highest BCUT2D eigenvalue weighted by Gasteiger charge is 2.08. The maximum absolute atomic E-state index is 11.0. The third-order valence-electron chi connectivity index (χ3n) is 2.17. The molecular weight excluding hydrogens is 224 g/mol. The molecular formula is C12H20O5. The Hall–Kier alpha value is -1.36. The lowest BCUT2D eigenvalue weighted by molar-refractivity contribution is -0.162. The first-order valence-corrected chi connectivity index (χ1v) is 5.86. The molecule has 0 aliphatic carbocycles. The van der Waals surface area contributed by atoms with Crippen LogP contribution in [0.2, 0.25) is 0 Å². The summed E-state index contributed by atoms with van der Waals surface area (Å²) < 4.78 is 4.57. The van der Waals surface area contributed by atoms with Crippen molar-refractivity contribution in [1.29, 1.82) is 0 Å². The number of carbonyl (C=O) groups excluding carboxylic acids is 1. The van der Waals surface area contributed by atoms with Gasteiger partial charge in [0.1, 0.15) is 0 Å². The van der Waals surface area contributed by atoms with E-state index in [2.05, 4.69) is 11.7 Å². The van der Waals surface area contributed by atoms with Gasteiger partial charge in [0.15, 0.2) is 0 Å². The van der Waals surface area contributed by atoms with Crippen molar-refractivity contribution in [3.63, 3.8) is 0 Å². The Bertz CT molecular complexity index is 260. The lowest BCUT2D eigenvalue weighted by atomic mass is 10.1. The van der Waals surface area contributed by atoms with E-state index in [9.17, 15) is 14.7 Å². The molecule has 2 N–H and O–H groups in total. The number of rotatable bonds is 9. The summed E-state index contributed by atoms with van der Waals surface area (Å²) in [6.07, 6.45) is 5.90. The minimum absolute atomic E-state index is 0.385. The molecule has 17 heavy (non-hydrogen) atoms. The largest absolute Gasteiger partial charge is 0.478 e. The molecule has 0 rings (SSSR count). The molecule has 0 aromatic carbocycles. The summed E-state index contributed by atoms with van der Waals surface area (Å²) >= 11 is 0. The van der Waals surface area contributed by atoms with Gasteiger partial charge in [-0.15, -0.1) is 0 Å². The van der Waals surface area contributed by atoms with Crippen LogP contribution in [0.25, 0.3) is 0 Å². The fourth-order valence-electron chi connectivity index (χ4n) is 1.29. The number of carboxylic acids is 1. The number of carbonyl (C=O) groups is 2. The third kappa shape index (κ3) is 10.9. The molecule has 0 saturated carbocycles.